The highest BCUT2D eigenvalue weighted by molar-refractivity contribution is 7.08. The van der Waals surface area contributed by atoms with Gasteiger partial charge in [0.25, 0.3) is 0 Å². The van der Waals surface area contributed by atoms with E-state index in [0.29, 0.717) is 5.92 Å². The smallest absolute Gasteiger partial charge is 0.224 e. The molecule has 1 unspecified atom stereocenters. The van der Waals surface area contributed by atoms with E-state index in [1.165, 1.54) is 11.3 Å². The van der Waals surface area contributed by atoms with Crippen molar-refractivity contribution in [2.75, 3.05) is 6.54 Å². The van der Waals surface area contributed by atoms with Gasteiger partial charge in [-0.1, -0.05) is 13.8 Å². The molecule has 2 aromatic heterocycles. The number of aliphatic hydroxyl groups is 1. The zero-order valence-electron chi connectivity index (χ0n) is 15.1. The lowest BCUT2D eigenvalue weighted by Crippen LogP contribution is -2.39. The minimum atomic E-state index is -1.05. The fourth-order valence-corrected chi connectivity index (χ4v) is 3.46. The Bertz CT molecular complexity index is 687. The van der Waals surface area contributed by atoms with Crippen molar-refractivity contribution in [3.8, 4) is 0 Å². The van der Waals surface area contributed by atoms with Gasteiger partial charge >= 0.3 is 0 Å². The van der Waals surface area contributed by atoms with Crippen LogP contribution in [-0.4, -0.2) is 27.3 Å². The number of aromatic nitrogens is 2. The second-order valence-corrected chi connectivity index (χ2v) is 7.74. The molecule has 0 spiro atoms. The van der Waals surface area contributed by atoms with Crippen molar-refractivity contribution in [3.05, 3.63) is 39.3 Å². The first kappa shape index (κ1) is 18.7. The van der Waals surface area contributed by atoms with Crippen molar-refractivity contribution in [1.82, 2.24) is 15.1 Å². The molecule has 0 aliphatic heterocycles. The van der Waals surface area contributed by atoms with Crippen LogP contribution in [0, 0.1) is 19.8 Å². The summed E-state index contributed by atoms with van der Waals surface area (Å²) in [5.41, 5.74) is 2.68. The number of rotatable bonds is 7. The van der Waals surface area contributed by atoms with Crippen LogP contribution in [0.4, 0.5) is 0 Å². The van der Waals surface area contributed by atoms with Gasteiger partial charge in [-0.25, -0.2) is 0 Å². The van der Waals surface area contributed by atoms with E-state index in [0.717, 1.165) is 29.1 Å². The maximum Gasteiger partial charge on any atom is 0.224 e. The summed E-state index contributed by atoms with van der Waals surface area (Å²) < 4.78 is 1.98. The van der Waals surface area contributed by atoms with Gasteiger partial charge in [0, 0.05) is 17.8 Å². The van der Waals surface area contributed by atoms with Crippen molar-refractivity contribution < 1.29 is 9.90 Å². The summed E-state index contributed by atoms with van der Waals surface area (Å²) in [5, 5.41) is 21.7. The van der Waals surface area contributed by atoms with Crippen molar-refractivity contribution >= 4 is 17.2 Å². The first-order chi connectivity index (χ1) is 11.2. The summed E-state index contributed by atoms with van der Waals surface area (Å²) >= 11 is 1.53. The van der Waals surface area contributed by atoms with Gasteiger partial charge in [0.2, 0.25) is 5.91 Å². The summed E-state index contributed by atoms with van der Waals surface area (Å²) in [6.07, 6.45) is 0.287. The third kappa shape index (κ3) is 4.45. The average molecular weight is 350 g/mol. The number of hydrogen-bond acceptors (Lipinski definition) is 4. The Labute approximate surface area is 147 Å². The Balaban J connectivity index is 1.99. The summed E-state index contributed by atoms with van der Waals surface area (Å²) in [5.74, 6) is 0.409. The largest absolute Gasteiger partial charge is 0.384 e. The van der Waals surface area contributed by atoms with Crippen molar-refractivity contribution in [2.24, 2.45) is 5.92 Å². The molecule has 0 bridgehead atoms. The molecule has 2 heterocycles. The van der Waals surface area contributed by atoms with Crippen molar-refractivity contribution in [3.63, 3.8) is 0 Å². The third-order valence-corrected chi connectivity index (χ3v) is 4.86. The Morgan fingerprint density at radius 1 is 1.46 bits per heavy atom. The lowest BCUT2D eigenvalue weighted by molar-refractivity contribution is -0.121. The van der Waals surface area contributed by atoms with E-state index in [1.54, 1.807) is 6.92 Å². The normalized spacial score (nSPS) is 14.0. The molecular weight excluding hydrogens is 322 g/mol. The highest BCUT2D eigenvalue weighted by Crippen LogP contribution is 2.22. The Kier molecular flexibility index (Phi) is 5.83. The number of amides is 1. The molecule has 1 amide bonds. The zero-order chi connectivity index (χ0) is 17.9. The van der Waals surface area contributed by atoms with Crippen LogP contribution >= 0.6 is 11.3 Å². The molecule has 2 aromatic rings. The molecule has 0 aromatic carbocycles. The maximum absolute atomic E-state index is 12.3. The molecule has 1 atom stereocenters. The van der Waals surface area contributed by atoms with Crippen LogP contribution in [0.1, 0.15) is 43.3 Å². The van der Waals surface area contributed by atoms with Crippen LogP contribution in [0.15, 0.2) is 16.8 Å². The van der Waals surface area contributed by atoms with Gasteiger partial charge in [-0.3, -0.25) is 9.48 Å². The van der Waals surface area contributed by atoms with Crippen LogP contribution in [0.5, 0.6) is 0 Å². The maximum atomic E-state index is 12.3. The van der Waals surface area contributed by atoms with Gasteiger partial charge in [-0.05, 0) is 49.1 Å². The van der Waals surface area contributed by atoms with Gasteiger partial charge in [0.05, 0.1) is 18.7 Å². The Morgan fingerprint density at radius 3 is 2.75 bits per heavy atom. The quantitative estimate of drug-likeness (QED) is 0.808. The molecule has 2 rings (SSSR count). The van der Waals surface area contributed by atoms with E-state index >= 15 is 0 Å². The van der Waals surface area contributed by atoms with E-state index in [2.05, 4.69) is 24.3 Å². The first-order valence-electron chi connectivity index (χ1n) is 8.25. The molecule has 0 fully saturated rings. The summed E-state index contributed by atoms with van der Waals surface area (Å²) in [6.45, 7) is 11.0. The number of nitrogens with one attached hydrogen (secondary N) is 1. The molecule has 132 valence electrons. The summed E-state index contributed by atoms with van der Waals surface area (Å²) in [4.78, 5) is 12.3. The predicted molar refractivity (Wildman–Crippen MR) is 97.1 cm³/mol. The number of carbonyl (C=O) groups excluding carboxylic acids is 1. The molecule has 24 heavy (non-hydrogen) atoms. The van der Waals surface area contributed by atoms with E-state index in [9.17, 15) is 9.90 Å². The van der Waals surface area contributed by atoms with Crippen LogP contribution in [0.2, 0.25) is 0 Å². The fraction of sp³-hybridized carbons (Fsp3) is 0.556. The van der Waals surface area contributed by atoms with Crippen LogP contribution in [-0.2, 0) is 23.4 Å². The van der Waals surface area contributed by atoms with E-state index < -0.39 is 5.60 Å². The number of hydrogen-bond donors (Lipinski definition) is 2. The first-order valence-corrected chi connectivity index (χ1v) is 9.19. The third-order valence-electron chi connectivity index (χ3n) is 4.18. The zero-order valence-corrected chi connectivity index (χ0v) is 15.9. The average Bonchev–Trinajstić information content (AvgIpc) is 3.10. The van der Waals surface area contributed by atoms with Gasteiger partial charge in [0.15, 0.2) is 0 Å². The highest BCUT2D eigenvalue weighted by Gasteiger charge is 2.24. The van der Waals surface area contributed by atoms with E-state index in [1.807, 2.05) is 35.4 Å². The minimum absolute atomic E-state index is 0.0965. The topological polar surface area (TPSA) is 67.2 Å². The van der Waals surface area contributed by atoms with Crippen molar-refractivity contribution in [1.29, 1.82) is 0 Å². The number of nitrogens with zero attached hydrogens (tertiary/aromatic N) is 2. The van der Waals surface area contributed by atoms with Gasteiger partial charge < -0.3 is 10.4 Å². The summed E-state index contributed by atoms with van der Waals surface area (Å²) in [6, 6.07) is 1.88. The number of carbonyl (C=O) groups is 1. The van der Waals surface area contributed by atoms with Gasteiger partial charge in [0.1, 0.15) is 5.60 Å². The van der Waals surface area contributed by atoms with Crippen LogP contribution in [0.25, 0.3) is 0 Å². The molecule has 2 N–H and O–H groups in total. The molecule has 0 saturated heterocycles. The van der Waals surface area contributed by atoms with Gasteiger partial charge in [-0.2, -0.15) is 16.4 Å². The van der Waals surface area contributed by atoms with E-state index in [-0.39, 0.29) is 18.9 Å². The molecule has 0 aliphatic carbocycles. The minimum Gasteiger partial charge on any atom is -0.384 e. The van der Waals surface area contributed by atoms with Crippen molar-refractivity contribution in [2.45, 2.75) is 53.2 Å². The van der Waals surface area contributed by atoms with E-state index in [4.69, 9.17) is 0 Å². The van der Waals surface area contributed by atoms with Crippen LogP contribution < -0.4 is 5.32 Å². The van der Waals surface area contributed by atoms with Crippen LogP contribution in [0.3, 0.4) is 0 Å². The second-order valence-electron chi connectivity index (χ2n) is 6.96. The van der Waals surface area contributed by atoms with Gasteiger partial charge in [-0.15, -0.1) is 0 Å². The SMILES string of the molecule is Cc1nn(CC(C)C)c(C)c1CC(=O)NCC(C)(O)c1ccsc1. The number of aryl methyl sites for hydroxylation is 1. The molecule has 0 saturated carbocycles. The lowest BCUT2D eigenvalue weighted by atomic mass is 9.99. The molecular formula is C18H27N3O2S. The summed E-state index contributed by atoms with van der Waals surface area (Å²) in [7, 11) is 0. The fourth-order valence-electron chi connectivity index (χ4n) is 2.68. The molecule has 0 radical (unpaired) electrons. The molecule has 5 nitrogen and oxygen atoms in total. The monoisotopic (exact) mass is 349 g/mol. The predicted octanol–water partition coefficient (Wildman–Crippen LogP) is 2.78. The highest BCUT2D eigenvalue weighted by atomic mass is 32.1. The standard InChI is InChI=1S/C18H27N3O2S/c1-12(2)9-21-14(4)16(13(3)20-21)8-17(22)19-11-18(5,23)15-6-7-24-10-15/h6-7,10,12,23H,8-9,11H2,1-5H3,(H,19,22). The molecule has 0 aliphatic rings. The Morgan fingerprint density at radius 2 is 2.17 bits per heavy atom. The Hall–Kier alpha value is -1.66. The molecule has 6 heteroatoms. The second kappa shape index (κ2) is 7.49. The number of thiophene rings is 1. The lowest BCUT2D eigenvalue weighted by Gasteiger charge is -2.22.